The summed E-state index contributed by atoms with van der Waals surface area (Å²) in [5, 5.41) is 48.9. The summed E-state index contributed by atoms with van der Waals surface area (Å²) in [4.78, 5) is 46.3. The number of fused-ring (bicyclic) bond motifs is 24. The Morgan fingerprint density at radius 1 is 0.206 bits per heavy atom. The van der Waals surface area contributed by atoms with Crippen molar-refractivity contribution in [3.8, 4) is 91.1 Å². The molecule has 19 aromatic rings. The van der Waals surface area contributed by atoms with Gasteiger partial charge < -0.3 is 29.9 Å². The predicted molar refractivity (Wildman–Crippen MR) is 361 cm³/mol. The predicted octanol–water partition coefficient (Wildman–Crippen LogP) is 12.2. The molecule has 25 heteroatoms. The van der Waals surface area contributed by atoms with Gasteiger partial charge in [-0.2, -0.15) is 40.8 Å². The Hall–Kier alpha value is -13.6. The summed E-state index contributed by atoms with van der Waals surface area (Å²) in [5.74, 6) is 1.05. The molecule has 1 radical (unpaired) electrons. The summed E-state index contributed by atoms with van der Waals surface area (Å²) in [6.45, 7) is 0. The van der Waals surface area contributed by atoms with E-state index in [-0.39, 0.29) is 63.0 Å². The van der Waals surface area contributed by atoms with Gasteiger partial charge in [-0.15, -0.1) is 0 Å². The van der Waals surface area contributed by atoms with E-state index in [1.807, 2.05) is 184 Å². The van der Waals surface area contributed by atoms with Crippen LogP contribution < -0.4 is 9.97 Å². The van der Waals surface area contributed by atoms with Crippen molar-refractivity contribution in [1.82, 2.24) is 118 Å². The molecule has 8 aromatic carbocycles. The number of hydrogen-bond donors (Lipinski definition) is 0. The van der Waals surface area contributed by atoms with Crippen LogP contribution in [0.5, 0.6) is 0 Å². The third kappa shape index (κ3) is 7.73. The number of benzene rings is 8. The maximum Gasteiger partial charge on any atom is 2.00 e. The van der Waals surface area contributed by atoms with Crippen molar-refractivity contribution in [2.75, 3.05) is 0 Å². The van der Waals surface area contributed by atoms with Gasteiger partial charge in [0.05, 0.1) is 68.8 Å². The average Bonchev–Trinajstić information content (AvgIpc) is 1.72. The average molecular weight is 1300 g/mol. The fourth-order valence-corrected chi connectivity index (χ4v) is 14.4. The zero-order valence-electron chi connectivity index (χ0n) is 50.1. The summed E-state index contributed by atoms with van der Waals surface area (Å²) in [6.07, 6.45) is 29.4. The molecule has 0 amide bonds. The molecular formula is C72H40CuN24. The molecule has 0 N–H and O–H groups in total. The topological polar surface area (TPSA) is 248 Å². The molecule has 0 fully saturated rings. The second kappa shape index (κ2) is 20.7. The third-order valence-corrected chi connectivity index (χ3v) is 18.0. The zero-order chi connectivity index (χ0) is 62.7. The Morgan fingerprint density at radius 2 is 0.381 bits per heavy atom. The molecule has 11 aromatic heterocycles. The molecule has 459 valence electrons. The molecule has 0 spiro atoms. The van der Waals surface area contributed by atoms with Crippen molar-refractivity contribution in [3.63, 3.8) is 0 Å². The van der Waals surface area contributed by atoms with Gasteiger partial charge in [0.15, 0.2) is 0 Å². The van der Waals surface area contributed by atoms with E-state index in [0.29, 0.717) is 89.3 Å². The van der Waals surface area contributed by atoms with E-state index in [9.17, 15) is 0 Å². The van der Waals surface area contributed by atoms with Gasteiger partial charge in [0.1, 0.15) is 0 Å². The molecule has 0 saturated heterocycles. The molecule has 2 aliphatic heterocycles. The van der Waals surface area contributed by atoms with Crippen LogP contribution in [0.3, 0.4) is 0 Å². The summed E-state index contributed by atoms with van der Waals surface area (Å²) in [6, 6.07) is 47.9. The van der Waals surface area contributed by atoms with E-state index in [0.717, 1.165) is 43.1 Å². The van der Waals surface area contributed by atoms with Gasteiger partial charge in [-0.1, -0.05) is 97.1 Å². The molecule has 97 heavy (non-hydrogen) atoms. The fraction of sp³-hybridized carbons (Fsp3) is 0. The van der Waals surface area contributed by atoms with Crippen LogP contribution >= 0.6 is 0 Å². The Morgan fingerprint density at radius 3 is 0.557 bits per heavy atom. The number of rotatable bonds is 8. The van der Waals surface area contributed by atoms with Crippen LogP contribution in [0, 0.1) is 0 Å². The monoisotopic (exact) mass is 1300 g/mol. The van der Waals surface area contributed by atoms with Crippen molar-refractivity contribution >= 4 is 87.2 Å². The summed E-state index contributed by atoms with van der Waals surface area (Å²) < 4.78 is 14.8. The largest absolute Gasteiger partial charge is 2.00 e. The quantitative estimate of drug-likeness (QED) is 0.128. The van der Waals surface area contributed by atoms with Gasteiger partial charge in [0.25, 0.3) is 0 Å². The van der Waals surface area contributed by atoms with E-state index in [4.69, 9.17) is 80.7 Å². The first-order chi connectivity index (χ1) is 47.7. The zero-order valence-corrected chi connectivity index (χ0v) is 51.1. The minimum Gasteiger partial charge on any atom is -0.357 e. The minimum absolute atomic E-state index is 0. The summed E-state index contributed by atoms with van der Waals surface area (Å²) in [5.41, 5.74) is 8.95. The smallest absolute Gasteiger partial charge is 0.357 e. The van der Waals surface area contributed by atoms with Crippen LogP contribution in [0.4, 0.5) is 0 Å². The molecule has 8 bridgehead atoms. The molecule has 0 aliphatic carbocycles. The van der Waals surface area contributed by atoms with E-state index >= 15 is 0 Å². The number of hydrogen-bond acceptors (Lipinski definition) is 14. The van der Waals surface area contributed by atoms with Crippen molar-refractivity contribution in [2.45, 2.75) is 0 Å². The third-order valence-electron chi connectivity index (χ3n) is 18.0. The van der Waals surface area contributed by atoms with Crippen LogP contribution in [0.2, 0.25) is 0 Å². The van der Waals surface area contributed by atoms with Crippen LogP contribution in [-0.4, -0.2) is 108 Å². The molecule has 0 atom stereocenters. The normalized spacial score (nSPS) is 12.0. The molecule has 24 nitrogen and oxygen atoms in total. The summed E-state index contributed by atoms with van der Waals surface area (Å²) >= 11 is 0. The van der Waals surface area contributed by atoms with Gasteiger partial charge in [-0.05, 0) is 48.5 Å². The van der Waals surface area contributed by atoms with E-state index in [1.165, 1.54) is 0 Å². The first-order valence-electron chi connectivity index (χ1n) is 30.7. The van der Waals surface area contributed by atoms with Crippen molar-refractivity contribution in [1.29, 1.82) is 0 Å². The Balaban J connectivity index is 0.00000641. The second-order valence-corrected chi connectivity index (χ2v) is 23.1. The standard InChI is InChI=1S/C72H40N24.Cu/c1-2-18-42-41(17-1)57(89-33-9-25-73-89)49-50(58(42)90-34-10-26-74-90)66-81-65(49)85-67-51-52(60(92-36-12-28-76-92)44-20-4-3-19-43(44)59(51)91-35-11-27-75-91)69(82-67)87-71-55-56(64(96-40-16-32-80-96)48-24-8-7-23-47(48)63(55)95-39-15-31-79-95)72(84-71)88-70-54-53(68(83-70)86-66)61(93-37-13-29-77-93)45-21-5-6-22-46(45)62(54)94-38-14-30-78-94;/h1-40H;/q-2;+2. The van der Waals surface area contributed by atoms with Crippen molar-refractivity contribution in [3.05, 3.63) is 245 Å². The molecule has 21 rings (SSSR count). The van der Waals surface area contributed by atoms with Crippen molar-refractivity contribution in [2.24, 2.45) is 0 Å². The van der Waals surface area contributed by atoms with E-state index < -0.39 is 0 Å². The Bertz CT molecular complexity index is 5760. The van der Waals surface area contributed by atoms with Gasteiger partial charge in [-0.3, -0.25) is 0 Å². The fourth-order valence-electron chi connectivity index (χ4n) is 14.4. The number of aromatic nitrogens is 24. The molecule has 13 heterocycles. The first kappa shape index (κ1) is 54.0. The maximum atomic E-state index is 5.85. The maximum absolute atomic E-state index is 5.85. The van der Waals surface area contributed by atoms with Gasteiger partial charge >= 0.3 is 17.1 Å². The second-order valence-electron chi connectivity index (χ2n) is 23.1. The van der Waals surface area contributed by atoms with Crippen LogP contribution in [0.25, 0.3) is 178 Å². The van der Waals surface area contributed by atoms with E-state index in [2.05, 4.69) is 48.5 Å². The van der Waals surface area contributed by atoms with Crippen LogP contribution in [0.15, 0.2) is 245 Å². The van der Waals surface area contributed by atoms with Crippen LogP contribution in [-0.2, 0) is 17.1 Å². The van der Waals surface area contributed by atoms with Crippen molar-refractivity contribution < 1.29 is 17.1 Å². The Labute approximate surface area is 555 Å². The Kier molecular flexibility index (Phi) is 11.5. The molecule has 2 aliphatic rings. The molecule has 0 unspecified atom stereocenters. The first-order valence-corrected chi connectivity index (χ1v) is 30.7. The van der Waals surface area contributed by atoms with Gasteiger partial charge in [-0.25, -0.2) is 47.4 Å². The van der Waals surface area contributed by atoms with E-state index in [1.54, 1.807) is 49.6 Å². The number of nitrogens with zero attached hydrogens (tertiary/aromatic N) is 24. The molecule has 0 saturated carbocycles. The van der Waals surface area contributed by atoms with Crippen LogP contribution in [0.1, 0.15) is 0 Å². The minimum atomic E-state index is 0. The van der Waals surface area contributed by atoms with Gasteiger partial charge in [0.2, 0.25) is 0 Å². The van der Waals surface area contributed by atoms with Gasteiger partial charge in [0, 0.05) is 209 Å². The molecular weight excluding hydrogens is 1260 g/mol. The summed E-state index contributed by atoms with van der Waals surface area (Å²) in [7, 11) is 0. The SMILES string of the molecule is [Cu+2].c1ccc2c(-n3cccn3)c3c(c(-n4cccn4)c2c1)-c1nc-3nc2[n-]c(nc3nc(nc4[n-]c(n1)c1c(-n5cccn5)c5ccccc5c(-n5cccn5)c41)-c1c-3c(-n3cccn3)c3ccccc3c1-n1cccn1)c1c(-n3cccn3)c3ccccc3c(-n3cccn3)c21.